The van der Waals surface area contributed by atoms with Gasteiger partial charge in [-0.05, 0) is 17.8 Å². The van der Waals surface area contributed by atoms with Crippen LogP contribution in [0.15, 0.2) is 30.3 Å². The molecular weight excluding hydrogens is 345 g/mol. The number of thiocarbonyl (C=S) groups is 1. The summed E-state index contributed by atoms with van der Waals surface area (Å²) in [5.41, 5.74) is 1.12. The van der Waals surface area contributed by atoms with Crippen molar-refractivity contribution >= 4 is 36.4 Å². The Hall–Kier alpha value is -0.533. The molecule has 1 nitrogen and oxygen atoms in total. The van der Waals surface area contributed by atoms with Crippen LogP contribution in [0.3, 0.4) is 0 Å². The third-order valence-corrected chi connectivity index (χ3v) is 8.85. The Morgan fingerprint density at radius 1 is 1.23 bits per heavy atom. The number of thioether (sulfide) groups is 1. The highest BCUT2D eigenvalue weighted by Gasteiger charge is 2.39. The molecule has 0 fully saturated rings. The van der Waals surface area contributed by atoms with Crippen LogP contribution in [0.1, 0.15) is 12.0 Å². The molecule has 0 spiro atoms. The van der Waals surface area contributed by atoms with E-state index in [-0.39, 0.29) is 4.38 Å². The summed E-state index contributed by atoms with van der Waals surface area (Å²) >= 11 is 6.16. The van der Waals surface area contributed by atoms with Crippen LogP contribution in [-0.2, 0) is 11.2 Å². The average Bonchev–Trinajstić information content (AvgIpc) is 2.36. The van der Waals surface area contributed by atoms with Gasteiger partial charge < -0.3 is 4.74 Å². The number of hydrogen-bond donors (Lipinski definition) is 0. The number of ether oxygens (including phenoxy) is 1. The topological polar surface area (TPSA) is 9.23 Å². The van der Waals surface area contributed by atoms with Crippen LogP contribution in [0.4, 0.5) is 13.2 Å². The van der Waals surface area contributed by atoms with Crippen molar-refractivity contribution < 1.29 is 17.9 Å². The molecule has 0 saturated heterocycles. The predicted molar refractivity (Wildman–Crippen MR) is 94.1 cm³/mol. The van der Waals surface area contributed by atoms with Crippen molar-refractivity contribution in [1.29, 1.82) is 0 Å². The van der Waals surface area contributed by atoms with E-state index in [1.807, 2.05) is 50.0 Å². The van der Waals surface area contributed by atoms with Crippen LogP contribution in [0.5, 0.6) is 0 Å². The summed E-state index contributed by atoms with van der Waals surface area (Å²) in [6.45, 7) is 6.15. The number of hydrogen-bond acceptors (Lipinski definition) is 3. The van der Waals surface area contributed by atoms with E-state index in [0.29, 0.717) is 13.0 Å². The third kappa shape index (κ3) is 8.19. The van der Waals surface area contributed by atoms with E-state index in [1.165, 1.54) is 0 Å². The molecule has 1 atom stereocenters. The first-order valence-corrected chi connectivity index (χ1v) is 11.9. The summed E-state index contributed by atoms with van der Waals surface area (Å²) in [5.74, 6) is 0. The lowest BCUT2D eigenvalue weighted by molar-refractivity contribution is -0.131. The smallest absolute Gasteiger partial charge is 0.389 e. The van der Waals surface area contributed by atoms with Gasteiger partial charge in [0.25, 0.3) is 0 Å². The van der Waals surface area contributed by atoms with E-state index in [4.69, 9.17) is 17.0 Å². The Bertz CT molecular complexity index is 472. The maximum Gasteiger partial charge on any atom is 0.389 e. The van der Waals surface area contributed by atoms with Gasteiger partial charge >= 0.3 is 6.18 Å². The fraction of sp³-hybridized carbons (Fsp3) is 0.533. The minimum atomic E-state index is -4.17. The van der Waals surface area contributed by atoms with Crippen molar-refractivity contribution in [3.63, 3.8) is 0 Å². The van der Waals surface area contributed by atoms with Crippen molar-refractivity contribution in [1.82, 2.24) is 0 Å². The SMILES string of the molecule is C[Si](C)(C)C(CC(F)(F)F)SC(=S)OCCc1ccccc1. The maximum atomic E-state index is 12.7. The lowest BCUT2D eigenvalue weighted by Gasteiger charge is -2.29. The Morgan fingerprint density at radius 2 is 1.82 bits per heavy atom. The monoisotopic (exact) mass is 366 g/mol. The fourth-order valence-electron chi connectivity index (χ4n) is 1.78. The Labute approximate surface area is 140 Å². The van der Waals surface area contributed by atoms with E-state index in [9.17, 15) is 13.2 Å². The van der Waals surface area contributed by atoms with E-state index in [0.717, 1.165) is 17.3 Å². The molecule has 0 heterocycles. The molecule has 0 amide bonds. The van der Waals surface area contributed by atoms with Gasteiger partial charge in [-0.15, -0.1) is 0 Å². The number of benzene rings is 1. The van der Waals surface area contributed by atoms with Gasteiger partial charge in [0.05, 0.1) is 21.1 Å². The first-order chi connectivity index (χ1) is 10.1. The molecule has 124 valence electrons. The molecule has 0 aliphatic heterocycles. The highest BCUT2D eigenvalue weighted by molar-refractivity contribution is 8.23. The molecule has 0 bridgehead atoms. The van der Waals surface area contributed by atoms with Crippen LogP contribution in [-0.4, -0.2) is 30.1 Å². The maximum absolute atomic E-state index is 12.7. The molecule has 1 rings (SSSR count). The quantitative estimate of drug-likeness (QED) is 0.488. The van der Waals surface area contributed by atoms with Gasteiger partial charge in [0.2, 0.25) is 4.38 Å². The first-order valence-electron chi connectivity index (χ1n) is 7.02. The molecule has 1 unspecified atom stereocenters. The normalized spacial score (nSPS) is 13.7. The van der Waals surface area contributed by atoms with Crippen molar-refractivity contribution in [2.45, 2.75) is 43.5 Å². The molecule has 0 aliphatic carbocycles. The highest BCUT2D eigenvalue weighted by Crippen LogP contribution is 2.34. The second-order valence-electron chi connectivity index (χ2n) is 6.13. The van der Waals surface area contributed by atoms with Crippen LogP contribution >= 0.6 is 24.0 Å². The summed E-state index contributed by atoms with van der Waals surface area (Å²) in [6.07, 6.45) is -4.29. The molecule has 7 heteroatoms. The van der Waals surface area contributed by atoms with E-state index >= 15 is 0 Å². The Kier molecular flexibility index (Phi) is 7.41. The van der Waals surface area contributed by atoms with Crippen molar-refractivity contribution in [3.05, 3.63) is 35.9 Å². The molecule has 1 aromatic rings. The summed E-state index contributed by atoms with van der Waals surface area (Å²) in [6, 6.07) is 9.77. The minimum Gasteiger partial charge on any atom is -0.478 e. The van der Waals surface area contributed by atoms with E-state index in [2.05, 4.69) is 0 Å². The first kappa shape index (κ1) is 19.5. The van der Waals surface area contributed by atoms with Crippen molar-refractivity contribution in [3.8, 4) is 0 Å². The van der Waals surface area contributed by atoms with Gasteiger partial charge in [-0.2, -0.15) is 13.2 Å². The van der Waals surface area contributed by atoms with Crippen LogP contribution in [0, 0.1) is 0 Å². The predicted octanol–water partition coefficient (Wildman–Crippen LogP) is 5.46. The molecule has 0 radical (unpaired) electrons. The second kappa shape index (κ2) is 8.36. The van der Waals surface area contributed by atoms with Crippen LogP contribution < -0.4 is 0 Å². The number of rotatable bonds is 6. The van der Waals surface area contributed by atoms with Crippen LogP contribution in [0.2, 0.25) is 19.6 Å². The van der Waals surface area contributed by atoms with E-state index in [1.54, 1.807) is 0 Å². The van der Waals surface area contributed by atoms with Crippen LogP contribution in [0.25, 0.3) is 0 Å². The zero-order valence-corrected chi connectivity index (χ0v) is 15.6. The standard InChI is InChI=1S/C15H21F3OS2Si/c1-22(2,3)13(11-15(16,17)18)21-14(20)19-10-9-12-7-5-4-6-8-12/h4-8,13H,9-11H2,1-3H3. The lowest BCUT2D eigenvalue weighted by atomic mass is 10.2. The molecule has 0 saturated carbocycles. The highest BCUT2D eigenvalue weighted by atomic mass is 32.2. The van der Waals surface area contributed by atoms with Crippen molar-refractivity contribution in [2.75, 3.05) is 6.61 Å². The zero-order valence-electron chi connectivity index (χ0n) is 12.9. The average molecular weight is 367 g/mol. The number of alkyl halides is 3. The molecule has 0 aromatic heterocycles. The molecule has 0 N–H and O–H groups in total. The summed E-state index contributed by atoms with van der Waals surface area (Å²) in [7, 11) is -1.99. The Morgan fingerprint density at radius 3 is 2.32 bits per heavy atom. The summed E-state index contributed by atoms with van der Waals surface area (Å²) in [5, 5.41) is 0. The minimum absolute atomic E-state index is 0.215. The number of halogens is 3. The molecule has 1 aromatic carbocycles. The van der Waals surface area contributed by atoms with Crippen molar-refractivity contribution in [2.24, 2.45) is 0 Å². The summed E-state index contributed by atoms with van der Waals surface area (Å²) < 4.78 is 43.7. The molecule has 0 aliphatic rings. The summed E-state index contributed by atoms with van der Waals surface area (Å²) in [4.78, 5) is -0.517. The third-order valence-electron chi connectivity index (χ3n) is 3.07. The largest absolute Gasteiger partial charge is 0.478 e. The lowest BCUT2D eigenvalue weighted by Crippen LogP contribution is -2.39. The zero-order chi connectivity index (χ0) is 16.8. The second-order valence-corrected chi connectivity index (χ2v) is 13.8. The van der Waals surface area contributed by atoms with Gasteiger partial charge in [-0.3, -0.25) is 0 Å². The van der Waals surface area contributed by atoms with Gasteiger partial charge in [-0.25, -0.2) is 0 Å². The molecule has 22 heavy (non-hydrogen) atoms. The fourth-order valence-corrected chi connectivity index (χ4v) is 5.71. The Balaban J connectivity index is 2.46. The van der Waals surface area contributed by atoms with E-state index < -0.39 is 25.5 Å². The van der Waals surface area contributed by atoms with Gasteiger partial charge in [0.15, 0.2) is 0 Å². The van der Waals surface area contributed by atoms with Gasteiger partial charge in [0.1, 0.15) is 0 Å². The van der Waals surface area contributed by atoms with Gasteiger partial charge in [-0.1, -0.05) is 61.7 Å². The van der Waals surface area contributed by atoms with Gasteiger partial charge in [0, 0.05) is 11.3 Å². The molecular formula is C15H21F3OS2Si.